The van der Waals surface area contributed by atoms with Crippen LogP contribution in [0.25, 0.3) is 0 Å². The van der Waals surface area contributed by atoms with E-state index >= 15 is 0 Å². The van der Waals surface area contributed by atoms with Crippen molar-refractivity contribution in [2.24, 2.45) is 5.92 Å². The number of nitrogens with zero attached hydrogens (tertiary/aromatic N) is 1. The van der Waals surface area contributed by atoms with E-state index in [4.69, 9.17) is 9.15 Å². The van der Waals surface area contributed by atoms with Gasteiger partial charge in [-0.25, -0.2) is 0 Å². The molecule has 1 aliphatic carbocycles. The summed E-state index contributed by atoms with van der Waals surface area (Å²) in [5.74, 6) is 0.616. The van der Waals surface area contributed by atoms with Crippen molar-refractivity contribution in [3.05, 3.63) is 24.2 Å². The van der Waals surface area contributed by atoms with Gasteiger partial charge in [-0.05, 0) is 25.3 Å². The van der Waals surface area contributed by atoms with Gasteiger partial charge in [0.05, 0.1) is 18.4 Å². The van der Waals surface area contributed by atoms with Gasteiger partial charge in [-0.1, -0.05) is 19.3 Å². The average molecular weight is 277 g/mol. The summed E-state index contributed by atoms with van der Waals surface area (Å²) < 4.78 is 10.5. The fraction of sp³-hybridized carbons (Fsp3) is 0.688. The van der Waals surface area contributed by atoms with Crippen LogP contribution in [0, 0.1) is 5.92 Å². The largest absolute Gasteiger partial charge is 0.472 e. The summed E-state index contributed by atoms with van der Waals surface area (Å²) in [6.07, 6.45) is 10.3. The van der Waals surface area contributed by atoms with E-state index in [2.05, 4.69) is 4.90 Å². The summed E-state index contributed by atoms with van der Waals surface area (Å²) >= 11 is 0. The molecule has 1 atom stereocenters. The molecule has 3 rings (SSSR count). The molecule has 0 spiro atoms. The second kappa shape index (κ2) is 6.44. The first kappa shape index (κ1) is 13.7. The Balaban J connectivity index is 1.72. The van der Waals surface area contributed by atoms with Crippen molar-refractivity contribution in [2.75, 3.05) is 19.8 Å². The molecule has 20 heavy (non-hydrogen) atoms. The molecule has 2 heterocycles. The minimum Gasteiger partial charge on any atom is -0.472 e. The van der Waals surface area contributed by atoms with Gasteiger partial charge in [0.25, 0.3) is 5.91 Å². The highest BCUT2D eigenvalue weighted by atomic mass is 16.5. The molecule has 2 aliphatic rings. The van der Waals surface area contributed by atoms with Crippen LogP contribution >= 0.6 is 0 Å². The lowest BCUT2D eigenvalue weighted by Crippen LogP contribution is -2.44. The summed E-state index contributed by atoms with van der Waals surface area (Å²) in [6.45, 7) is 2.46. The van der Waals surface area contributed by atoms with Gasteiger partial charge in [-0.2, -0.15) is 0 Å². The van der Waals surface area contributed by atoms with Crippen molar-refractivity contribution in [1.29, 1.82) is 0 Å². The molecule has 4 nitrogen and oxygen atoms in total. The number of furan rings is 1. The third-order valence-electron chi connectivity index (χ3n) is 4.52. The maximum Gasteiger partial charge on any atom is 0.257 e. The molecule has 0 radical (unpaired) electrons. The zero-order valence-electron chi connectivity index (χ0n) is 11.9. The highest BCUT2D eigenvalue weighted by molar-refractivity contribution is 5.94. The highest BCUT2D eigenvalue weighted by Gasteiger charge is 2.30. The van der Waals surface area contributed by atoms with Crippen LogP contribution in [0.4, 0.5) is 0 Å². The number of hydrogen-bond donors (Lipinski definition) is 0. The van der Waals surface area contributed by atoms with Gasteiger partial charge in [0.2, 0.25) is 0 Å². The van der Waals surface area contributed by atoms with Crippen LogP contribution in [0.2, 0.25) is 0 Å². The number of amides is 1. The van der Waals surface area contributed by atoms with Crippen LogP contribution in [-0.2, 0) is 4.74 Å². The molecule has 1 aliphatic heterocycles. The molecule has 0 N–H and O–H groups in total. The topological polar surface area (TPSA) is 42.7 Å². The fourth-order valence-electron chi connectivity index (χ4n) is 3.35. The normalized spacial score (nSPS) is 23.9. The number of carbonyl (C=O) groups excluding carboxylic acids is 1. The third-order valence-corrected chi connectivity index (χ3v) is 4.52. The van der Waals surface area contributed by atoms with Gasteiger partial charge in [0.15, 0.2) is 0 Å². The molecule has 1 amide bonds. The second-order valence-corrected chi connectivity index (χ2v) is 5.99. The van der Waals surface area contributed by atoms with Crippen LogP contribution in [0.5, 0.6) is 0 Å². The second-order valence-electron chi connectivity index (χ2n) is 5.99. The van der Waals surface area contributed by atoms with E-state index in [-0.39, 0.29) is 5.91 Å². The van der Waals surface area contributed by atoms with Crippen LogP contribution < -0.4 is 0 Å². The average Bonchev–Trinajstić information content (AvgIpc) is 3.18. The molecule has 0 aromatic carbocycles. The fourth-order valence-corrected chi connectivity index (χ4v) is 3.35. The maximum absolute atomic E-state index is 12.7. The van der Waals surface area contributed by atoms with Gasteiger partial charge in [-0.3, -0.25) is 4.79 Å². The Morgan fingerprint density at radius 2 is 2.10 bits per heavy atom. The Kier molecular flexibility index (Phi) is 4.41. The Hall–Kier alpha value is -1.29. The summed E-state index contributed by atoms with van der Waals surface area (Å²) in [5, 5.41) is 0. The zero-order chi connectivity index (χ0) is 13.8. The van der Waals surface area contributed by atoms with Crippen LogP contribution in [-0.4, -0.2) is 36.6 Å². The maximum atomic E-state index is 12.7. The minimum absolute atomic E-state index is 0.123. The lowest BCUT2D eigenvalue weighted by atomic mass is 9.92. The Morgan fingerprint density at radius 3 is 2.75 bits per heavy atom. The van der Waals surface area contributed by atoms with E-state index < -0.39 is 0 Å². The lowest BCUT2D eigenvalue weighted by molar-refractivity contribution is 0.0582. The van der Waals surface area contributed by atoms with Crippen LogP contribution in [0.15, 0.2) is 23.0 Å². The molecule has 4 heteroatoms. The van der Waals surface area contributed by atoms with Gasteiger partial charge in [0.1, 0.15) is 6.26 Å². The first-order valence-electron chi connectivity index (χ1n) is 7.75. The van der Waals surface area contributed by atoms with E-state index in [1.165, 1.54) is 19.3 Å². The van der Waals surface area contributed by atoms with E-state index in [9.17, 15) is 4.79 Å². The van der Waals surface area contributed by atoms with Gasteiger partial charge in [0, 0.05) is 25.1 Å². The molecule has 110 valence electrons. The predicted octanol–water partition coefficient (Wildman–Crippen LogP) is 3.09. The molecule has 0 bridgehead atoms. The Morgan fingerprint density at radius 1 is 1.25 bits per heavy atom. The standard InChI is InChI=1S/C16H23NO3/c18-16(14-7-9-20-12-14)17(10-13-6-8-19-11-13)15-4-2-1-3-5-15/h7,9,12-13,15H,1-6,8,10-11H2/t13-/m0/s1. The van der Waals surface area contributed by atoms with Gasteiger partial charge in [-0.15, -0.1) is 0 Å². The lowest BCUT2D eigenvalue weighted by Gasteiger charge is -2.35. The van der Waals surface area contributed by atoms with Crippen LogP contribution in [0.3, 0.4) is 0 Å². The third kappa shape index (κ3) is 3.06. The van der Waals surface area contributed by atoms with E-state index in [0.29, 0.717) is 17.5 Å². The highest BCUT2D eigenvalue weighted by Crippen LogP contribution is 2.26. The van der Waals surface area contributed by atoms with Crippen molar-refractivity contribution in [1.82, 2.24) is 4.90 Å². The molecule has 1 aromatic rings. The summed E-state index contributed by atoms with van der Waals surface area (Å²) in [5.41, 5.74) is 0.675. The summed E-state index contributed by atoms with van der Waals surface area (Å²) in [6, 6.07) is 2.16. The van der Waals surface area contributed by atoms with Crippen molar-refractivity contribution >= 4 is 5.91 Å². The quantitative estimate of drug-likeness (QED) is 0.849. The Labute approximate surface area is 120 Å². The van der Waals surface area contributed by atoms with Crippen molar-refractivity contribution in [3.8, 4) is 0 Å². The molecular weight excluding hydrogens is 254 g/mol. The predicted molar refractivity (Wildman–Crippen MR) is 75.5 cm³/mol. The minimum atomic E-state index is 0.123. The number of rotatable bonds is 4. The van der Waals surface area contributed by atoms with E-state index in [1.807, 2.05) is 0 Å². The molecular formula is C16H23NO3. The van der Waals surface area contributed by atoms with E-state index in [1.54, 1.807) is 18.6 Å². The smallest absolute Gasteiger partial charge is 0.257 e. The summed E-state index contributed by atoms with van der Waals surface area (Å²) in [4.78, 5) is 14.8. The molecule has 1 aromatic heterocycles. The first-order valence-corrected chi connectivity index (χ1v) is 7.75. The summed E-state index contributed by atoms with van der Waals surface area (Å²) in [7, 11) is 0. The Bertz CT molecular complexity index is 417. The van der Waals surface area contributed by atoms with Gasteiger partial charge < -0.3 is 14.1 Å². The molecule has 1 saturated carbocycles. The van der Waals surface area contributed by atoms with Crippen molar-refractivity contribution in [2.45, 2.75) is 44.6 Å². The SMILES string of the molecule is O=C(c1ccoc1)N(C[C@@H]1CCOC1)C1CCCCC1. The van der Waals surface area contributed by atoms with Crippen LogP contribution in [0.1, 0.15) is 48.9 Å². The van der Waals surface area contributed by atoms with E-state index in [0.717, 1.165) is 39.0 Å². The number of carbonyl (C=O) groups is 1. The molecule has 2 fully saturated rings. The number of hydrogen-bond acceptors (Lipinski definition) is 3. The number of ether oxygens (including phenoxy) is 1. The molecule has 0 unspecified atom stereocenters. The van der Waals surface area contributed by atoms with Crippen molar-refractivity contribution in [3.63, 3.8) is 0 Å². The van der Waals surface area contributed by atoms with Gasteiger partial charge >= 0.3 is 0 Å². The molecule has 1 saturated heterocycles. The monoisotopic (exact) mass is 277 g/mol. The first-order chi connectivity index (χ1) is 9.84. The van der Waals surface area contributed by atoms with Crippen molar-refractivity contribution < 1.29 is 13.9 Å². The zero-order valence-corrected chi connectivity index (χ0v) is 11.9.